The number of hydrogen-bond donors (Lipinski definition) is 0. The molecule has 1 aromatic carbocycles. The predicted octanol–water partition coefficient (Wildman–Crippen LogP) is 3.00. The Morgan fingerprint density at radius 3 is 2.78 bits per heavy atom. The van der Waals surface area contributed by atoms with Gasteiger partial charge in [-0.2, -0.15) is 0 Å². The van der Waals surface area contributed by atoms with E-state index in [1.807, 2.05) is 41.3 Å². The lowest BCUT2D eigenvalue weighted by Crippen LogP contribution is -2.37. The summed E-state index contributed by atoms with van der Waals surface area (Å²) in [5.41, 5.74) is 1.12. The SMILES string of the molecule is COc1ccc(C2CCCN2C(=O)C2CC(=O)N(Cc3ccco3)C2)cc1. The van der Waals surface area contributed by atoms with Gasteiger partial charge in [-0.1, -0.05) is 12.1 Å². The Morgan fingerprint density at radius 2 is 2.07 bits per heavy atom. The molecule has 2 atom stereocenters. The molecule has 2 aromatic rings. The molecule has 2 aliphatic rings. The molecule has 2 aliphatic heterocycles. The maximum absolute atomic E-state index is 13.1. The molecule has 0 bridgehead atoms. The standard InChI is InChI=1S/C21H24N2O4/c1-26-17-8-6-15(7-9-17)19-5-2-10-23(19)21(25)16-12-20(24)22(13-16)14-18-4-3-11-27-18/h3-4,6-9,11,16,19H,2,5,10,12-14H2,1H3. The monoisotopic (exact) mass is 368 g/mol. The number of ether oxygens (including phenoxy) is 1. The topological polar surface area (TPSA) is 63.0 Å². The van der Waals surface area contributed by atoms with E-state index in [4.69, 9.17) is 9.15 Å². The molecule has 0 radical (unpaired) electrons. The lowest BCUT2D eigenvalue weighted by molar-refractivity contribution is -0.136. The Kier molecular flexibility index (Phi) is 4.88. The zero-order valence-corrected chi connectivity index (χ0v) is 15.5. The van der Waals surface area contributed by atoms with Gasteiger partial charge in [0, 0.05) is 19.5 Å². The summed E-state index contributed by atoms with van der Waals surface area (Å²) in [7, 11) is 1.64. The average Bonchev–Trinajstić information content (AvgIpc) is 3.43. The van der Waals surface area contributed by atoms with Crippen LogP contribution in [-0.2, 0) is 16.1 Å². The Morgan fingerprint density at radius 1 is 1.26 bits per heavy atom. The summed E-state index contributed by atoms with van der Waals surface area (Å²) in [5, 5.41) is 0. The first-order valence-corrected chi connectivity index (χ1v) is 9.40. The Hall–Kier alpha value is -2.76. The van der Waals surface area contributed by atoms with Crippen molar-refractivity contribution in [2.24, 2.45) is 5.92 Å². The molecule has 4 rings (SSSR count). The van der Waals surface area contributed by atoms with Crippen molar-refractivity contribution >= 4 is 11.8 Å². The second-order valence-corrected chi connectivity index (χ2v) is 7.22. The van der Waals surface area contributed by atoms with E-state index >= 15 is 0 Å². The third-order valence-electron chi connectivity index (χ3n) is 5.53. The summed E-state index contributed by atoms with van der Waals surface area (Å²) in [5.74, 6) is 1.39. The molecule has 2 unspecified atom stereocenters. The van der Waals surface area contributed by atoms with Crippen molar-refractivity contribution < 1.29 is 18.7 Å². The van der Waals surface area contributed by atoms with Gasteiger partial charge in [0.2, 0.25) is 11.8 Å². The maximum Gasteiger partial charge on any atom is 0.228 e. The van der Waals surface area contributed by atoms with Gasteiger partial charge in [0.15, 0.2) is 0 Å². The van der Waals surface area contributed by atoms with Crippen molar-refractivity contribution in [3.63, 3.8) is 0 Å². The van der Waals surface area contributed by atoms with Crippen LogP contribution in [0.1, 0.15) is 36.6 Å². The van der Waals surface area contributed by atoms with Gasteiger partial charge in [-0.05, 0) is 42.7 Å². The molecular formula is C21H24N2O4. The van der Waals surface area contributed by atoms with Gasteiger partial charge < -0.3 is 19.0 Å². The maximum atomic E-state index is 13.1. The normalized spacial score (nSPS) is 22.5. The van der Waals surface area contributed by atoms with Crippen LogP contribution in [0.15, 0.2) is 47.1 Å². The number of hydrogen-bond acceptors (Lipinski definition) is 4. The van der Waals surface area contributed by atoms with Crippen LogP contribution in [0, 0.1) is 5.92 Å². The lowest BCUT2D eigenvalue weighted by Gasteiger charge is -2.27. The van der Waals surface area contributed by atoms with Crippen LogP contribution in [0.25, 0.3) is 0 Å². The number of rotatable bonds is 5. The predicted molar refractivity (Wildman–Crippen MR) is 98.9 cm³/mol. The van der Waals surface area contributed by atoms with Gasteiger partial charge in [-0.15, -0.1) is 0 Å². The van der Waals surface area contributed by atoms with Gasteiger partial charge >= 0.3 is 0 Å². The van der Waals surface area contributed by atoms with E-state index in [2.05, 4.69) is 0 Å². The second-order valence-electron chi connectivity index (χ2n) is 7.22. The molecule has 2 saturated heterocycles. The molecule has 1 aromatic heterocycles. The Bertz CT molecular complexity index is 800. The summed E-state index contributed by atoms with van der Waals surface area (Å²) in [6, 6.07) is 11.7. The molecule has 2 amide bonds. The fraction of sp³-hybridized carbons (Fsp3) is 0.429. The Labute approximate surface area is 158 Å². The van der Waals surface area contributed by atoms with E-state index in [0.717, 1.165) is 36.5 Å². The number of nitrogens with zero attached hydrogens (tertiary/aromatic N) is 2. The fourth-order valence-electron chi connectivity index (χ4n) is 4.12. The fourth-order valence-corrected chi connectivity index (χ4v) is 4.12. The van der Waals surface area contributed by atoms with Crippen LogP contribution in [0.2, 0.25) is 0 Å². The van der Waals surface area contributed by atoms with Crippen LogP contribution in [-0.4, -0.2) is 41.8 Å². The largest absolute Gasteiger partial charge is 0.497 e. The van der Waals surface area contributed by atoms with E-state index in [9.17, 15) is 9.59 Å². The van der Waals surface area contributed by atoms with Crippen LogP contribution in [0.4, 0.5) is 0 Å². The highest BCUT2D eigenvalue weighted by Crippen LogP contribution is 2.35. The number of furan rings is 1. The van der Waals surface area contributed by atoms with Gasteiger partial charge in [-0.3, -0.25) is 9.59 Å². The van der Waals surface area contributed by atoms with E-state index < -0.39 is 0 Å². The number of carbonyl (C=O) groups excluding carboxylic acids is 2. The van der Waals surface area contributed by atoms with Gasteiger partial charge in [-0.25, -0.2) is 0 Å². The molecule has 2 fully saturated rings. The number of likely N-dealkylation sites (tertiary alicyclic amines) is 2. The highest BCUT2D eigenvalue weighted by molar-refractivity contribution is 5.89. The highest BCUT2D eigenvalue weighted by Gasteiger charge is 2.40. The van der Waals surface area contributed by atoms with E-state index in [-0.39, 0.29) is 30.2 Å². The second kappa shape index (κ2) is 7.47. The van der Waals surface area contributed by atoms with Crippen LogP contribution in [0.5, 0.6) is 5.75 Å². The molecule has 3 heterocycles. The number of amides is 2. The summed E-state index contributed by atoms with van der Waals surface area (Å²) >= 11 is 0. The Balaban J connectivity index is 1.44. The van der Waals surface area contributed by atoms with Gasteiger partial charge in [0.05, 0.1) is 31.9 Å². The first kappa shape index (κ1) is 17.6. The van der Waals surface area contributed by atoms with Crippen molar-refractivity contribution in [1.82, 2.24) is 9.80 Å². The van der Waals surface area contributed by atoms with Gasteiger partial charge in [0.25, 0.3) is 0 Å². The van der Waals surface area contributed by atoms with Crippen LogP contribution >= 0.6 is 0 Å². The minimum absolute atomic E-state index is 0.0185. The van der Waals surface area contributed by atoms with Crippen molar-refractivity contribution in [3.05, 3.63) is 54.0 Å². The summed E-state index contributed by atoms with van der Waals surface area (Å²) < 4.78 is 10.6. The summed E-state index contributed by atoms with van der Waals surface area (Å²) in [6.45, 7) is 1.64. The van der Waals surface area contributed by atoms with E-state index in [1.165, 1.54) is 0 Å². The average molecular weight is 368 g/mol. The van der Waals surface area contributed by atoms with Crippen molar-refractivity contribution in [2.45, 2.75) is 31.8 Å². The number of carbonyl (C=O) groups is 2. The zero-order chi connectivity index (χ0) is 18.8. The highest BCUT2D eigenvalue weighted by atomic mass is 16.5. The minimum atomic E-state index is -0.272. The molecule has 6 nitrogen and oxygen atoms in total. The smallest absolute Gasteiger partial charge is 0.228 e. The molecule has 0 spiro atoms. The molecule has 142 valence electrons. The van der Waals surface area contributed by atoms with E-state index in [1.54, 1.807) is 18.3 Å². The molecule has 6 heteroatoms. The van der Waals surface area contributed by atoms with E-state index in [0.29, 0.717) is 13.1 Å². The molecule has 0 aliphatic carbocycles. The number of methoxy groups -OCH3 is 1. The van der Waals surface area contributed by atoms with Crippen LogP contribution in [0.3, 0.4) is 0 Å². The summed E-state index contributed by atoms with van der Waals surface area (Å²) in [4.78, 5) is 29.2. The first-order valence-electron chi connectivity index (χ1n) is 9.40. The lowest BCUT2D eigenvalue weighted by atomic mass is 10.0. The van der Waals surface area contributed by atoms with Crippen molar-refractivity contribution in [3.8, 4) is 5.75 Å². The third kappa shape index (κ3) is 3.56. The first-order chi connectivity index (χ1) is 13.2. The zero-order valence-electron chi connectivity index (χ0n) is 15.5. The third-order valence-corrected chi connectivity index (χ3v) is 5.53. The molecular weight excluding hydrogens is 344 g/mol. The van der Waals surface area contributed by atoms with Crippen LogP contribution < -0.4 is 4.74 Å². The molecule has 0 N–H and O–H groups in total. The summed E-state index contributed by atoms with van der Waals surface area (Å²) in [6.07, 6.45) is 3.82. The minimum Gasteiger partial charge on any atom is -0.497 e. The van der Waals surface area contributed by atoms with Gasteiger partial charge in [0.1, 0.15) is 11.5 Å². The van der Waals surface area contributed by atoms with Crippen molar-refractivity contribution in [1.29, 1.82) is 0 Å². The quantitative estimate of drug-likeness (QED) is 0.814. The molecule has 0 saturated carbocycles. The van der Waals surface area contributed by atoms with Crippen molar-refractivity contribution in [2.75, 3.05) is 20.2 Å². The molecule has 27 heavy (non-hydrogen) atoms. The number of benzene rings is 1.